The fourth-order valence-electron chi connectivity index (χ4n) is 3.20. The molecule has 0 saturated carbocycles. The van der Waals surface area contributed by atoms with Crippen molar-refractivity contribution < 1.29 is 13.2 Å². The molecule has 2 N–H and O–H groups in total. The summed E-state index contributed by atoms with van der Waals surface area (Å²) in [6.45, 7) is 2.88. The van der Waals surface area contributed by atoms with Gasteiger partial charge in [0.1, 0.15) is 0 Å². The molecule has 3 heterocycles. The zero-order valence-electron chi connectivity index (χ0n) is 17.0. The van der Waals surface area contributed by atoms with Crippen LogP contribution in [0.25, 0.3) is 21.6 Å². The lowest BCUT2D eigenvalue weighted by atomic mass is 10.1. The van der Waals surface area contributed by atoms with E-state index >= 15 is 0 Å². The van der Waals surface area contributed by atoms with Crippen LogP contribution in [-0.4, -0.2) is 36.1 Å². The zero-order chi connectivity index (χ0) is 22.0. The number of carbonyl (C=O) groups excluding carboxylic acids is 1. The Morgan fingerprint density at radius 1 is 1.19 bits per heavy atom. The average molecular weight is 456 g/mol. The molecule has 0 aliphatic heterocycles. The molecule has 0 unspecified atom stereocenters. The van der Waals surface area contributed by atoms with Crippen LogP contribution in [0.3, 0.4) is 0 Å². The Kier molecular flexibility index (Phi) is 5.86. The first-order chi connectivity index (χ1) is 14.9. The lowest BCUT2D eigenvalue weighted by Gasteiger charge is -2.09. The van der Waals surface area contributed by atoms with Crippen molar-refractivity contribution in [2.75, 3.05) is 7.05 Å². The standard InChI is InChI=1S/C21H21N5O3S2/c1-3-26-20-17(13-24-26)16(11-18(25-20)19-5-4-10-30-19)21(27)23-12-14-6-8-15(9-7-14)31(28,29)22-2/h4-11,13,22H,3,12H2,1-2H3,(H,23,27). The van der Waals surface area contributed by atoms with Gasteiger partial charge in [-0.25, -0.2) is 22.8 Å². The van der Waals surface area contributed by atoms with E-state index in [1.54, 1.807) is 40.4 Å². The summed E-state index contributed by atoms with van der Waals surface area (Å²) in [5, 5.41) is 9.93. The number of fused-ring (bicyclic) bond motifs is 1. The second-order valence-electron chi connectivity index (χ2n) is 6.76. The summed E-state index contributed by atoms with van der Waals surface area (Å²) < 4.78 is 27.7. The molecule has 3 aromatic heterocycles. The molecule has 4 rings (SSSR count). The maximum absolute atomic E-state index is 13.0. The van der Waals surface area contributed by atoms with E-state index in [9.17, 15) is 13.2 Å². The van der Waals surface area contributed by atoms with Crippen molar-refractivity contribution in [3.05, 3.63) is 65.2 Å². The van der Waals surface area contributed by atoms with Crippen LogP contribution in [0.1, 0.15) is 22.8 Å². The van der Waals surface area contributed by atoms with E-state index in [2.05, 4.69) is 15.1 Å². The molecule has 10 heteroatoms. The number of thiophene rings is 1. The van der Waals surface area contributed by atoms with E-state index in [0.717, 1.165) is 16.1 Å². The highest BCUT2D eigenvalue weighted by Crippen LogP contribution is 2.28. The summed E-state index contributed by atoms with van der Waals surface area (Å²) in [6, 6.07) is 12.1. The van der Waals surface area contributed by atoms with E-state index in [-0.39, 0.29) is 17.3 Å². The summed E-state index contributed by atoms with van der Waals surface area (Å²) in [7, 11) is -2.13. The monoisotopic (exact) mass is 455 g/mol. The highest BCUT2D eigenvalue weighted by atomic mass is 32.2. The maximum Gasteiger partial charge on any atom is 0.252 e. The van der Waals surface area contributed by atoms with Gasteiger partial charge in [0.2, 0.25) is 10.0 Å². The van der Waals surface area contributed by atoms with E-state index in [0.29, 0.717) is 23.1 Å². The Bertz CT molecular complexity index is 1330. The molecule has 0 aliphatic carbocycles. The van der Waals surface area contributed by atoms with Gasteiger partial charge >= 0.3 is 0 Å². The number of aryl methyl sites for hydroxylation is 1. The Hall–Kier alpha value is -3.08. The first-order valence-corrected chi connectivity index (χ1v) is 12.0. The highest BCUT2D eigenvalue weighted by Gasteiger charge is 2.18. The van der Waals surface area contributed by atoms with Gasteiger partial charge in [-0.05, 0) is 49.2 Å². The number of amides is 1. The molecule has 0 saturated heterocycles. The Morgan fingerprint density at radius 3 is 2.61 bits per heavy atom. The Balaban J connectivity index is 1.61. The minimum absolute atomic E-state index is 0.175. The summed E-state index contributed by atoms with van der Waals surface area (Å²) >= 11 is 1.56. The topological polar surface area (TPSA) is 106 Å². The summed E-state index contributed by atoms with van der Waals surface area (Å²) in [5.41, 5.74) is 2.68. The molecule has 31 heavy (non-hydrogen) atoms. The number of carbonyl (C=O) groups is 1. The number of nitrogens with zero attached hydrogens (tertiary/aromatic N) is 3. The number of aromatic nitrogens is 3. The third kappa shape index (κ3) is 4.22. The van der Waals surface area contributed by atoms with E-state index in [4.69, 9.17) is 4.98 Å². The normalized spacial score (nSPS) is 11.7. The lowest BCUT2D eigenvalue weighted by Crippen LogP contribution is -2.23. The van der Waals surface area contributed by atoms with Gasteiger partial charge in [-0.2, -0.15) is 5.10 Å². The molecule has 0 atom stereocenters. The number of benzene rings is 1. The minimum atomic E-state index is -3.49. The van der Waals surface area contributed by atoms with Gasteiger partial charge in [0, 0.05) is 13.1 Å². The molecular formula is C21H21N5O3S2. The van der Waals surface area contributed by atoms with Gasteiger partial charge in [0.15, 0.2) is 5.65 Å². The van der Waals surface area contributed by atoms with Crippen LogP contribution >= 0.6 is 11.3 Å². The first kappa shape index (κ1) is 21.2. The van der Waals surface area contributed by atoms with Gasteiger partial charge in [-0.1, -0.05) is 18.2 Å². The first-order valence-electron chi connectivity index (χ1n) is 9.64. The molecule has 4 aromatic rings. The lowest BCUT2D eigenvalue weighted by molar-refractivity contribution is 0.0952. The van der Waals surface area contributed by atoms with Crippen molar-refractivity contribution >= 4 is 38.3 Å². The molecule has 160 valence electrons. The van der Waals surface area contributed by atoms with Crippen molar-refractivity contribution in [3.8, 4) is 10.6 Å². The Morgan fingerprint density at radius 2 is 1.97 bits per heavy atom. The number of hydrogen-bond acceptors (Lipinski definition) is 6. The molecule has 0 radical (unpaired) electrons. The van der Waals surface area contributed by atoms with Crippen LogP contribution in [0.2, 0.25) is 0 Å². The van der Waals surface area contributed by atoms with Crippen molar-refractivity contribution in [2.24, 2.45) is 0 Å². The molecule has 1 aromatic carbocycles. The molecule has 8 nitrogen and oxygen atoms in total. The number of sulfonamides is 1. The van der Waals surface area contributed by atoms with Crippen molar-refractivity contribution in [1.29, 1.82) is 0 Å². The molecule has 0 spiro atoms. The van der Waals surface area contributed by atoms with Crippen LogP contribution in [0, 0.1) is 0 Å². The van der Waals surface area contributed by atoms with Crippen molar-refractivity contribution in [3.63, 3.8) is 0 Å². The van der Waals surface area contributed by atoms with Gasteiger partial charge in [0.25, 0.3) is 5.91 Å². The quantitative estimate of drug-likeness (QED) is 0.446. The van der Waals surface area contributed by atoms with Gasteiger partial charge in [0.05, 0.1) is 32.6 Å². The number of rotatable bonds is 7. The smallest absolute Gasteiger partial charge is 0.252 e. The number of nitrogens with one attached hydrogen (secondary N) is 2. The van der Waals surface area contributed by atoms with E-state index < -0.39 is 10.0 Å². The molecule has 0 aliphatic rings. The van der Waals surface area contributed by atoms with Crippen LogP contribution in [-0.2, 0) is 23.1 Å². The molecule has 0 fully saturated rings. The van der Waals surface area contributed by atoms with Crippen LogP contribution in [0.4, 0.5) is 0 Å². The SMILES string of the molecule is CCn1ncc2c(C(=O)NCc3ccc(S(=O)(=O)NC)cc3)cc(-c3cccs3)nc21. The van der Waals surface area contributed by atoms with Crippen LogP contribution in [0.5, 0.6) is 0 Å². The largest absolute Gasteiger partial charge is 0.348 e. The van der Waals surface area contributed by atoms with E-state index in [1.165, 1.54) is 19.2 Å². The van der Waals surface area contributed by atoms with E-state index in [1.807, 2.05) is 24.4 Å². The van der Waals surface area contributed by atoms with Gasteiger partial charge < -0.3 is 5.32 Å². The van der Waals surface area contributed by atoms with Gasteiger partial charge in [-0.3, -0.25) is 4.79 Å². The van der Waals surface area contributed by atoms with Crippen LogP contribution < -0.4 is 10.0 Å². The van der Waals surface area contributed by atoms with Gasteiger partial charge in [-0.15, -0.1) is 11.3 Å². The fourth-order valence-corrected chi connectivity index (χ4v) is 4.62. The summed E-state index contributed by atoms with van der Waals surface area (Å²) in [4.78, 5) is 18.9. The molecule has 1 amide bonds. The predicted octanol–water partition coefficient (Wildman–Crippen LogP) is 3.02. The number of pyridine rings is 1. The second-order valence-corrected chi connectivity index (χ2v) is 9.60. The highest BCUT2D eigenvalue weighted by molar-refractivity contribution is 7.89. The number of hydrogen-bond donors (Lipinski definition) is 2. The minimum Gasteiger partial charge on any atom is -0.348 e. The van der Waals surface area contributed by atoms with Crippen LogP contribution in [0.15, 0.2) is 58.9 Å². The second kappa shape index (κ2) is 8.58. The summed E-state index contributed by atoms with van der Waals surface area (Å²) in [6.07, 6.45) is 1.66. The third-order valence-corrected chi connectivity index (χ3v) is 7.21. The van der Waals surface area contributed by atoms with Crippen molar-refractivity contribution in [1.82, 2.24) is 24.8 Å². The molecular weight excluding hydrogens is 434 g/mol. The zero-order valence-corrected chi connectivity index (χ0v) is 18.6. The maximum atomic E-state index is 13.0. The average Bonchev–Trinajstić information content (AvgIpc) is 3.47. The fraction of sp³-hybridized carbons (Fsp3) is 0.190. The predicted molar refractivity (Wildman–Crippen MR) is 120 cm³/mol. The third-order valence-electron chi connectivity index (χ3n) is 4.88. The molecule has 0 bridgehead atoms. The summed E-state index contributed by atoms with van der Waals surface area (Å²) in [5.74, 6) is -0.243. The Labute approximate surface area is 184 Å². The van der Waals surface area contributed by atoms with Crippen molar-refractivity contribution in [2.45, 2.75) is 24.9 Å².